The maximum absolute atomic E-state index is 12.8. The summed E-state index contributed by atoms with van der Waals surface area (Å²) in [7, 11) is 0. The van der Waals surface area contributed by atoms with Crippen molar-refractivity contribution >= 4 is 33.8 Å². The summed E-state index contributed by atoms with van der Waals surface area (Å²) in [6.45, 7) is 2.17. The van der Waals surface area contributed by atoms with E-state index < -0.39 is 0 Å². The van der Waals surface area contributed by atoms with E-state index in [0.717, 1.165) is 35.2 Å². The van der Waals surface area contributed by atoms with Gasteiger partial charge in [-0.1, -0.05) is 5.16 Å². The van der Waals surface area contributed by atoms with Gasteiger partial charge in [-0.25, -0.2) is 0 Å². The lowest BCUT2D eigenvalue weighted by Gasteiger charge is -2.04. The third-order valence-electron chi connectivity index (χ3n) is 3.84. The summed E-state index contributed by atoms with van der Waals surface area (Å²) in [6, 6.07) is 1.82. The molecule has 0 amide bonds. The Hall–Kier alpha value is -1.73. The zero-order chi connectivity index (χ0) is 14.6. The van der Waals surface area contributed by atoms with Gasteiger partial charge in [-0.15, -0.1) is 11.3 Å². The molecule has 0 spiro atoms. The monoisotopic (exact) mass is 319 g/mol. The summed E-state index contributed by atoms with van der Waals surface area (Å²) in [4.78, 5) is 18.2. The summed E-state index contributed by atoms with van der Waals surface area (Å²) in [5.41, 5.74) is 1.89. The predicted octanol–water partition coefficient (Wildman–Crippen LogP) is 2.95. The molecule has 21 heavy (non-hydrogen) atoms. The Morgan fingerprint density at radius 3 is 3.14 bits per heavy atom. The smallest absolute Gasteiger partial charge is 0.263 e. The van der Waals surface area contributed by atoms with Gasteiger partial charge in [0.05, 0.1) is 11.9 Å². The van der Waals surface area contributed by atoms with Crippen molar-refractivity contribution in [3.63, 3.8) is 0 Å². The van der Waals surface area contributed by atoms with E-state index in [-0.39, 0.29) is 5.56 Å². The van der Waals surface area contributed by atoms with Crippen LogP contribution in [0.4, 0.5) is 0 Å². The molecule has 3 aromatic heterocycles. The molecule has 0 aliphatic heterocycles. The molecular weight excluding hydrogens is 306 g/mol. The molecule has 108 valence electrons. The van der Waals surface area contributed by atoms with Crippen LogP contribution in [0.25, 0.3) is 10.2 Å². The molecule has 7 heteroatoms. The molecule has 1 aliphatic carbocycles. The summed E-state index contributed by atoms with van der Waals surface area (Å²) in [5, 5.41) is 4.75. The standard InChI is InChI=1S/C14H13N3O2S2/c1-7-5-8(16-19-7)6-17-13(18)11-9-3-2-4-10(9)21-12(11)15-14(17)20/h5H,2-4,6H2,1H3,(H,15,20). The van der Waals surface area contributed by atoms with Crippen LogP contribution in [0.1, 0.15) is 28.3 Å². The van der Waals surface area contributed by atoms with Gasteiger partial charge in [0, 0.05) is 10.9 Å². The number of aromatic amines is 1. The Morgan fingerprint density at radius 1 is 1.52 bits per heavy atom. The van der Waals surface area contributed by atoms with Crippen LogP contribution in [0.2, 0.25) is 0 Å². The number of nitrogens with one attached hydrogen (secondary N) is 1. The maximum atomic E-state index is 12.8. The fourth-order valence-corrected chi connectivity index (χ4v) is 4.50. The highest BCUT2D eigenvalue weighted by Gasteiger charge is 2.21. The van der Waals surface area contributed by atoms with Crippen molar-refractivity contribution in [3.05, 3.63) is 43.1 Å². The first-order chi connectivity index (χ1) is 10.1. The Labute approximate surface area is 129 Å². The van der Waals surface area contributed by atoms with Crippen LogP contribution in [-0.4, -0.2) is 14.7 Å². The third-order valence-corrected chi connectivity index (χ3v) is 5.37. The number of thiophene rings is 1. The van der Waals surface area contributed by atoms with Gasteiger partial charge in [-0.05, 0) is 44.0 Å². The third kappa shape index (κ3) is 1.99. The maximum Gasteiger partial charge on any atom is 0.263 e. The SMILES string of the molecule is Cc1cc(Cn2c(=S)[nH]c3sc4c(c3c2=O)CCC4)no1. The molecule has 3 heterocycles. The summed E-state index contributed by atoms with van der Waals surface area (Å²) in [5.74, 6) is 0.727. The molecule has 0 saturated heterocycles. The quantitative estimate of drug-likeness (QED) is 0.738. The fourth-order valence-electron chi connectivity index (χ4n) is 2.91. The Morgan fingerprint density at radius 2 is 2.38 bits per heavy atom. The fraction of sp³-hybridized carbons (Fsp3) is 0.357. The number of H-pyrrole nitrogens is 1. The summed E-state index contributed by atoms with van der Waals surface area (Å²) < 4.78 is 7.06. The van der Waals surface area contributed by atoms with Gasteiger partial charge < -0.3 is 9.51 Å². The van der Waals surface area contributed by atoms with E-state index in [1.165, 1.54) is 10.4 Å². The van der Waals surface area contributed by atoms with Crippen molar-refractivity contribution in [2.24, 2.45) is 0 Å². The van der Waals surface area contributed by atoms with Crippen molar-refractivity contribution in [3.8, 4) is 0 Å². The molecule has 0 fully saturated rings. The number of fused-ring (bicyclic) bond motifs is 3. The molecule has 0 atom stereocenters. The Kier molecular flexibility index (Phi) is 2.87. The average Bonchev–Trinajstić information content (AvgIpc) is 3.10. The number of hydrogen-bond acceptors (Lipinski definition) is 5. The van der Waals surface area contributed by atoms with Gasteiger partial charge in [-0.2, -0.15) is 0 Å². The molecule has 0 saturated carbocycles. The lowest BCUT2D eigenvalue weighted by atomic mass is 10.2. The van der Waals surface area contributed by atoms with Crippen molar-refractivity contribution in [1.82, 2.24) is 14.7 Å². The molecule has 0 radical (unpaired) electrons. The van der Waals surface area contributed by atoms with E-state index in [4.69, 9.17) is 16.7 Å². The zero-order valence-electron chi connectivity index (χ0n) is 11.4. The van der Waals surface area contributed by atoms with Gasteiger partial charge >= 0.3 is 0 Å². The molecule has 0 bridgehead atoms. The zero-order valence-corrected chi connectivity index (χ0v) is 13.1. The number of hydrogen-bond donors (Lipinski definition) is 1. The van der Waals surface area contributed by atoms with Gasteiger partial charge in [0.2, 0.25) is 0 Å². The summed E-state index contributed by atoms with van der Waals surface area (Å²) in [6.07, 6.45) is 3.18. The molecule has 5 nitrogen and oxygen atoms in total. The minimum atomic E-state index is -0.0196. The predicted molar refractivity (Wildman–Crippen MR) is 83.6 cm³/mol. The molecule has 1 N–H and O–H groups in total. The number of aryl methyl sites for hydroxylation is 3. The van der Waals surface area contributed by atoms with Crippen molar-refractivity contribution in [2.75, 3.05) is 0 Å². The first kappa shape index (κ1) is 13.0. The average molecular weight is 319 g/mol. The van der Waals surface area contributed by atoms with E-state index in [2.05, 4.69) is 10.1 Å². The van der Waals surface area contributed by atoms with Crippen LogP contribution in [-0.2, 0) is 19.4 Å². The second-order valence-electron chi connectivity index (χ2n) is 5.31. The van der Waals surface area contributed by atoms with Crippen molar-refractivity contribution < 1.29 is 4.52 Å². The first-order valence-corrected chi connectivity index (χ1v) is 8.05. The van der Waals surface area contributed by atoms with E-state index >= 15 is 0 Å². The molecule has 3 aromatic rings. The van der Waals surface area contributed by atoms with Crippen molar-refractivity contribution in [1.29, 1.82) is 0 Å². The van der Waals surface area contributed by atoms with Crippen LogP contribution >= 0.6 is 23.6 Å². The minimum absolute atomic E-state index is 0.0196. The van der Waals surface area contributed by atoms with Gasteiger partial charge in [0.1, 0.15) is 16.3 Å². The molecule has 0 unspecified atom stereocenters. The van der Waals surface area contributed by atoms with Gasteiger partial charge in [0.15, 0.2) is 4.77 Å². The molecular formula is C14H13N3O2S2. The lowest BCUT2D eigenvalue weighted by Crippen LogP contribution is -2.23. The van der Waals surface area contributed by atoms with Crippen molar-refractivity contribution in [2.45, 2.75) is 32.7 Å². The highest BCUT2D eigenvalue weighted by atomic mass is 32.1. The topological polar surface area (TPSA) is 63.8 Å². The number of rotatable bonds is 2. The van der Waals surface area contributed by atoms with E-state index in [1.54, 1.807) is 15.9 Å². The van der Waals surface area contributed by atoms with Crippen LogP contribution < -0.4 is 5.56 Å². The minimum Gasteiger partial charge on any atom is -0.361 e. The summed E-state index contributed by atoms with van der Waals surface area (Å²) >= 11 is 7.00. The number of nitrogens with zero attached hydrogens (tertiary/aromatic N) is 2. The first-order valence-electron chi connectivity index (χ1n) is 6.83. The van der Waals surface area contributed by atoms with E-state index in [9.17, 15) is 4.79 Å². The lowest BCUT2D eigenvalue weighted by molar-refractivity contribution is 0.388. The van der Waals surface area contributed by atoms with Crippen LogP contribution in [0, 0.1) is 11.7 Å². The molecule has 4 rings (SSSR count). The normalized spacial score (nSPS) is 14.0. The largest absolute Gasteiger partial charge is 0.361 e. The number of aromatic nitrogens is 3. The van der Waals surface area contributed by atoms with E-state index in [0.29, 0.717) is 17.0 Å². The Bertz CT molecular complexity index is 961. The highest BCUT2D eigenvalue weighted by molar-refractivity contribution is 7.71. The van der Waals surface area contributed by atoms with E-state index in [1.807, 2.05) is 13.0 Å². The van der Waals surface area contributed by atoms with Crippen LogP contribution in [0.3, 0.4) is 0 Å². The Balaban J connectivity index is 1.93. The van der Waals surface area contributed by atoms with Crippen LogP contribution in [0.5, 0.6) is 0 Å². The molecule has 1 aliphatic rings. The van der Waals surface area contributed by atoms with Crippen LogP contribution in [0.15, 0.2) is 15.4 Å². The second kappa shape index (κ2) is 4.64. The van der Waals surface area contributed by atoms with Gasteiger partial charge in [0.25, 0.3) is 5.56 Å². The second-order valence-corrected chi connectivity index (χ2v) is 6.80. The molecule has 0 aromatic carbocycles. The highest BCUT2D eigenvalue weighted by Crippen LogP contribution is 2.34. The van der Waals surface area contributed by atoms with Gasteiger partial charge in [-0.3, -0.25) is 9.36 Å².